The van der Waals surface area contributed by atoms with Gasteiger partial charge in [0.15, 0.2) is 6.29 Å². The molecule has 76 valence electrons. The van der Waals surface area contributed by atoms with Gasteiger partial charge >= 0.3 is 0 Å². The second kappa shape index (κ2) is 3.51. The van der Waals surface area contributed by atoms with Gasteiger partial charge in [0, 0.05) is 0 Å². The lowest BCUT2D eigenvalue weighted by Crippen LogP contribution is -2.39. The molecule has 2 fully saturated rings. The molecule has 0 aromatic heterocycles. The molecule has 0 radical (unpaired) electrons. The van der Waals surface area contributed by atoms with Gasteiger partial charge in [-0.15, -0.1) is 0 Å². The second-order valence-electron chi connectivity index (χ2n) is 3.43. The summed E-state index contributed by atoms with van der Waals surface area (Å²) in [6.45, 7) is 2.37. The Morgan fingerprint density at radius 3 is 2.38 bits per heavy atom. The van der Waals surface area contributed by atoms with E-state index in [2.05, 4.69) is 0 Å². The van der Waals surface area contributed by atoms with E-state index in [0.717, 1.165) is 0 Å². The van der Waals surface area contributed by atoms with Gasteiger partial charge in [0.25, 0.3) is 0 Å². The predicted molar refractivity (Wildman–Crippen MR) is 42.0 cm³/mol. The van der Waals surface area contributed by atoms with Crippen molar-refractivity contribution in [3.8, 4) is 0 Å². The number of aliphatic hydroxyl groups excluding tert-OH is 2. The van der Waals surface area contributed by atoms with Gasteiger partial charge in [-0.2, -0.15) is 0 Å². The largest absolute Gasteiger partial charge is 0.388 e. The number of hydrogen-bond donors (Lipinski definition) is 2. The molecule has 2 rings (SSSR count). The average Bonchev–Trinajstić information content (AvgIpc) is 2.62. The van der Waals surface area contributed by atoms with Gasteiger partial charge in [-0.25, -0.2) is 0 Å². The third-order valence-electron chi connectivity index (χ3n) is 2.42. The van der Waals surface area contributed by atoms with Crippen LogP contribution < -0.4 is 0 Å². The third-order valence-corrected chi connectivity index (χ3v) is 2.42. The maximum atomic E-state index is 9.49. The molecule has 2 N–H and O–H groups in total. The van der Waals surface area contributed by atoms with Crippen LogP contribution in [0, 0.1) is 0 Å². The van der Waals surface area contributed by atoms with Gasteiger partial charge in [0.2, 0.25) is 0 Å². The zero-order valence-corrected chi connectivity index (χ0v) is 7.42. The highest BCUT2D eigenvalue weighted by atomic mass is 16.7. The van der Waals surface area contributed by atoms with Crippen molar-refractivity contribution in [1.82, 2.24) is 0 Å². The SMILES string of the molecule is CC1OC[C@H]([C@H]2OC[C@H](O)[C@H]2O)O1. The molecule has 13 heavy (non-hydrogen) atoms. The van der Waals surface area contributed by atoms with E-state index in [-0.39, 0.29) is 19.0 Å². The minimum Gasteiger partial charge on any atom is -0.388 e. The van der Waals surface area contributed by atoms with Crippen molar-refractivity contribution in [2.75, 3.05) is 13.2 Å². The van der Waals surface area contributed by atoms with Crippen LogP contribution in [-0.2, 0) is 14.2 Å². The number of aliphatic hydroxyl groups is 2. The summed E-state index contributed by atoms with van der Waals surface area (Å²) in [7, 11) is 0. The minimum atomic E-state index is -0.862. The maximum Gasteiger partial charge on any atom is 0.155 e. The Bertz CT molecular complexity index is 185. The molecule has 2 heterocycles. The Labute approximate surface area is 76.2 Å². The predicted octanol–water partition coefficient (Wildman–Crippen LogP) is -1.13. The summed E-state index contributed by atoms with van der Waals surface area (Å²) < 4.78 is 15.7. The van der Waals surface area contributed by atoms with E-state index in [9.17, 15) is 10.2 Å². The van der Waals surface area contributed by atoms with E-state index in [1.54, 1.807) is 6.92 Å². The number of ether oxygens (including phenoxy) is 3. The van der Waals surface area contributed by atoms with Crippen molar-refractivity contribution in [1.29, 1.82) is 0 Å². The van der Waals surface area contributed by atoms with Crippen molar-refractivity contribution in [2.24, 2.45) is 0 Å². The Balaban J connectivity index is 1.94. The van der Waals surface area contributed by atoms with Crippen LogP contribution in [0.15, 0.2) is 0 Å². The lowest BCUT2D eigenvalue weighted by atomic mass is 10.1. The van der Waals surface area contributed by atoms with Crippen LogP contribution in [-0.4, -0.2) is 54.1 Å². The third kappa shape index (κ3) is 1.70. The lowest BCUT2D eigenvalue weighted by Gasteiger charge is -2.19. The quantitative estimate of drug-likeness (QED) is 0.547. The monoisotopic (exact) mass is 190 g/mol. The molecular formula is C8H14O5. The van der Waals surface area contributed by atoms with E-state index >= 15 is 0 Å². The van der Waals surface area contributed by atoms with Gasteiger partial charge in [-0.05, 0) is 6.92 Å². The molecule has 0 aliphatic carbocycles. The van der Waals surface area contributed by atoms with Crippen LogP contribution in [0.2, 0.25) is 0 Å². The first-order valence-corrected chi connectivity index (χ1v) is 4.43. The first kappa shape index (κ1) is 9.36. The lowest BCUT2D eigenvalue weighted by molar-refractivity contribution is -0.0916. The fourth-order valence-corrected chi connectivity index (χ4v) is 1.68. The summed E-state index contributed by atoms with van der Waals surface area (Å²) in [5.41, 5.74) is 0. The van der Waals surface area contributed by atoms with Gasteiger partial charge in [0.05, 0.1) is 13.2 Å². The van der Waals surface area contributed by atoms with Crippen molar-refractivity contribution in [3.05, 3.63) is 0 Å². The van der Waals surface area contributed by atoms with Gasteiger partial charge in [0.1, 0.15) is 24.4 Å². The Hall–Kier alpha value is -0.200. The molecule has 0 bridgehead atoms. The molecule has 0 amide bonds. The normalized spacial score (nSPS) is 51.5. The highest BCUT2D eigenvalue weighted by Gasteiger charge is 2.43. The van der Waals surface area contributed by atoms with Crippen molar-refractivity contribution in [3.63, 3.8) is 0 Å². The van der Waals surface area contributed by atoms with E-state index in [1.807, 2.05) is 0 Å². The molecule has 2 saturated heterocycles. The molecule has 0 aromatic rings. The van der Waals surface area contributed by atoms with E-state index < -0.39 is 18.3 Å². The van der Waals surface area contributed by atoms with Crippen LogP contribution in [0.3, 0.4) is 0 Å². The zero-order valence-electron chi connectivity index (χ0n) is 7.42. The highest BCUT2D eigenvalue weighted by molar-refractivity contribution is 4.89. The van der Waals surface area contributed by atoms with Crippen LogP contribution >= 0.6 is 0 Å². The fourth-order valence-electron chi connectivity index (χ4n) is 1.68. The Morgan fingerprint density at radius 1 is 1.15 bits per heavy atom. The van der Waals surface area contributed by atoms with E-state index in [1.165, 1.54) is 0 Å². The van der Waals surface area contributed by atoms with Crippen molar-refractivity contribution >= 4 is 0 Å². The fraction of sp³-hybridized carbons (Fsp3) is 1.00. The first-order valence-electron chi connectivity index (χ1n) is 4.43. The molecule has 5 atom stereocenters. The topological polar surface area (TPSA) is 68.2 Å². The molecule has 0 spiro atoms. The van der Waals surface area contributed by atoms with Gasteiger partial charge in [-0.1, -0.05) is 0 Å². The first-order chi connectivity index (χ1) is 6.18. The van der Waals surface area contributed by atoms with Crippen molar-refractivity contribution in [2.45, 2.75) is 37.6 Å². The maximum absolute atomic E-state index is 9.49. The van der Waals surface area contributed by atoms with Crippen molar-refractivity contribution < 1.29 is 24.4 Å². The average molecular weight is 190 g/mol. The molecule has 5 heteroatoms. The highest BCUT2D eigenvalue weighted by Crippen LogP contribution is 2.24. The zero-order chi connectivity index (χ0) is 9.42. The molecule has 2 aliphatic heterocycles. The summed E-state index contributed by atoms with van der Waals surface area (Å²) in [6.07, 6.45) is -2.64. The minimum absolute atomic E-state index is 0.167. The molecule has 1 unspecified atom stereocenters. The van der Waals surface area contributed by atoms with E-state index in [4.69, 9.17) is 14.2 Å². The number of hydrogen-bond acceptors (Lipinski definition) is 5. The summed E-state index contributed by atoms with van der Waals surface area (Å²) in [5, 5.41) is 18.7. The number of rotatable bonds is 1. The molecular weight excluding hydrogens is 176 g/mol. The summed E-state index contributed by atoms with van der Waals surface area (Å²) in [4.78, 5) is 0. The Kier molecular flexibility index (Phi) is 2.53. The van der Waals surface area contributed by atoms with Crippen LogP contribution in [0.4, 0.5) is 0 Å². The summed E-state index contributed by atoms with van der Waals surface area (Å²) in [6, 6.07) is 0. The van der Waals surface area contributed by atoms with Gasteiger partial charge < -0.3 is 24.4 Å². The summed E-state index contributed by atoms with van der Waals surface area (Å²) >= 11 is 0. The van der Waals surface area contributed by atoms with Crippen LogP contribution in [0.5, 0.6) is 0 Å². The molecule has 5 nitrogen and oxygen atoms in total. The Morgan fingerprint density at radius 2 is 1.92 bits per heavy atom. The second-order valence-corrected chi connectivity index (χ2v) is 3.43. The van der Waals surface area contributed by atoms with Gasteiger partial charge in [-0.3, -0.25) is 0 Å². The summed E-state index contributed by atoms with van der Waals surface area (Å²) in [5.74, 6) is 0. The molecule has 0 aromatic carbocycles. The van der Waals surface area contributed by atoms with Crippen LogP contribution in [0.1, 0.15) is 6.92 Å². The standard InChI is InChI=1S/C8H14O5/c1-4-11-3-6(13-4)8-7(10)5(9)2-12-8/h4-10H,2-3H2,1H3/t4?,5-,6+,7+,8+/m0/s1. The molecule has 2 aliphatic rings. The smallest absolute Gasteiger partial charge is 0.155 e. The van der Waals surface area contributed by atoms with E-state index in [0.29, 0.717) is 6.61 Å². The molecule has 0 saturated carbocycles. The van der Waals surface area contributed by atoms with Crippen LogP contribution in [0.25, 0.3) is 0 Å².